The van der Waals surface area contributed by atoms with Crippen molar-refractivity contribution in [2.45, 2.75) is 30.7 Å². The topological polar surface area (TPSA) is 92.5 Å². The lowest BCUT2D eigenvalue weighted by Gasteiger charge is -2.32. The molecule has 8 heteroatoms. The van der Waals surface area contributed by atoms with Crippen molar-refractivity contribution in [3.63, 3.8) is 0 Å². The van der Waals surface area contributed by atoms with Gasteiger partial charge in [-0.3, -0.25) is 4.79 Å². The van der Waals surface area contributed by atoms with Gasteiger partial charge in [-0.25, -0.2) is 13.6 Å². The maximum absolute atomic E-state index is 12.5. The van der Waals surface area contributed by atoms with Crippen LogP contribution in [-0.4, -0.2) is 45.4 Å². The number of carbonyl (C=O) groups is 1. The summed E-state index contributed by atoms with van der Waals surface area (Å²) in [5.41, 5.74) is 0.905. The lowest BCUT2D eigenvalue weighted by molar-refractivity contribution is 0.0698. The van der Waals surface area contributed by atoms with Gasteiger partial charge < -0.3 is 10.2 Å². The average Bonchev–Trinajstić information content (AvgIpc) is 2.46. The molecule has 6 nitrogen and oxygen atoms in total. The van der Waals surface area contributed by atoms with Gasteiger partial charge in [-0.1, -0.05) is 6.07 Å². The van der Waals surface area contributed by atoms with Crippen LogP contribution in [0.15, 0.2) is 23.1 Å². The number of nitrogens with zero attached hydrogens (tertiary/aromatic N) is 1. The number of primary sulfonamides is 1. The van der Waals surface area contributed by atoms with Crippen LogP contribution in [0.2, 0.25) is 0 Å². The largest absolute Gasteiger partial charge is 0.337 e. The first-order valence-electron chi connectivity index (χ1n) is 6.93. The normalized spacial score (nSPS) is 18.7. The van der Waals surface area contributed by atoms with E-state index < -0.39 is 10.0 Å². The van der Waals surface area contributed by atoms with Gasteiger partial charge in [-0.05, 0) is 44.5 Å². The number of rotatable bonds is 3. The number of halogens is 1. The molecule has 2 rings (SSSR count). The van der Waals surface area contributed by atoms with Gasteiger partial charge in [0.15, 0.2) is 0 Å². The van der Waals surface area contributed by atoms with Crippen LogP contribution in [0.25, 0.3) is 0 Å². The molecule has 1 unspecified atom stereocenters. The zero-order valence-corrected chi connectivity index (χ0v) is 14.3. The lowest BCUT2D eigenvalue weighted by Crippen LogP contribution is -2.47. The summed E-state index contributed by atoms with van der Waals surface area (Å²) in [7, 11) is -1.94. The number of amides is 1. The molecule has 1 fully saturated rings. The van der Waals surface area contributed by atoms with E-state index in [4.69, 9.17) is 5.14 Å². The Hall–Kier alpha value is -1.15. The highest BCUT2D eigenvalue weighted by Crippen LogP contribution is 2.19. The Morgan fingerprint density at radius 2 is 2.09 bits per heavy atom. The first-order valence-corrected chi connectivity index (χ1v) is 8.47. The molecule has 1 saturated heterocycles. The number of aryl methyl sites for hydroxylation is 1. The monoisotopic (exact) mass is 347 g/mol. The van der Waals surface area contributed by atoms with Gasteiger partial charge in [-0.15, -0.1) is 12.4 Å². The first-order chi connectivity index (χ1) is 9.82. The third-order valence-corrected chi connectivity index (χ3v) is 4.91. The summed E-state index contributed by atoms with van der Waals surface area (Å²) in [5.74, 6) is -0.153. The third kappa shape index (κ3) is 4.19. The van der Waals surface area contributed by atoms with Gasteiger partial charge in [0.25, 0.3) is 5.91 Å². The zero-order chi connectivity index (χ0) is 15.6. The van der Waals surface area contributed by atoms with Crippen LogP contribution in [0.1, 0.15) is 28.8 Å². The highest BCUT2D eigenvalue weighted by molar-refractivity contribution is 7.89. The summed E-state index contributed by atoms with van der Waals surface area (Å²) >= 11 is 0. The van der Waals surface area contributed by atoms with Crippen molar-refractivity contribution < 1.29 is 13.2 Å². The van der Waals surface area contributed by atoms with E-state index in [1.54, 1.807) is 24.0 Å². The van der Waals surface area contributed by atoms with Crippen molar-refractivity contribution in [2.24, 2.45) is 5.14 Å². The smallest absolute Gasteiger partial charge is 0.253 e. The van der Waals surface area contributed by atoms with Gasteiger partial charge in [0, 0.05) is 24.7 Å². The number of likely N-dealkylation sites (N-methyl/N-ethyl adjacent to an activating group) is 1. The van der Waals surface area contributed by atoms with Crippen molar-refractivity contribution >= 4 is 28.3 Å². The van der Waals surface area contributed by atoms with Crippen LogP contribution < -0.4 is 10.5 Å². The fourth-order valence-corrected chi connectivity index (χ4v) is 3.43. The number of carbonyl (C=O) groups excluding carboxylic acids is 1. The molecule has 1 aliphatic rings. The van der Waals surface area contributed by atoms with E-state index in [9.17, 15) is 13.2 Å². The molecular formula is C14H22ClN3O3S. The fraction of sp³-hybridized carbons (Fsp3) is 0.500. The van der Waals surface area contributed by atoms with Crippen molar-refractivity contribution in [1.82, 2.24) is 10.2 Å². The summed E-state index contributed by atoms with van der Waals surface area (Å²) in [6.07, 6.45) is 1.97. The predicted molar refractivity (Wildman–Crippen MR) is 87.8 cm³/mol. The molecule has 3 N–H and O–H groups in total. The number of hydrogen-bond acceptors (Lipinski definition) is 4. The van der Waals surface area contributed by atoms with Gasteiger partial charge in [0.1, 0.15) is 0 Å². The van der Waals surface area contributed by atoms with Crippen LogP contribution in [0.3, 0.4) is 0 Å². The van der Waals surface area contributed by atoms with E-state index in [-0.39, 0.29) is 29.3 Å². The maximum atomic E-state index is 12.5. The minimum absolute atomic E-state index is 0. The van der Waals surface area contributed by atoms with Crippen LogP contribution in [0.4, 0.5) is 0 Å². The Balaban J connectivity index is 0.00000242. The third-order valence-electron chi connectivity index (χ3n) is 3.86. The Kier molecular flexibility index (Phi) is 6.37. The second-order valence-corrected chi connectivity index (χ2v) is 6.93. The highest BCUT2D eigenvalue weighted by atomic mass is 35.5. The number of benzene rings is 1. The molecular weight excluding hydrogens is 326 g/mol. The summed E-state index contributed by atoms with van der Waals surface area (Å²) in [6, 6.07) is 4.92. The molecule has 22 heavy (non-hydrogen) atoms. The van der Waals surface area contributed by atoms with E-state index in [1.807, 2.05) is 7.05 Å². The standard InChI is InChI=1S/C14H21N3O3S.ClH/c1-10-5-6-11(8-13(10)21(15,19)20)14(18)17-7-3-4-12(9-17)16-2;/h5-6,8,12,16H,3-4,7,9H2,1-2H3,(H2,15,19,20);1H. The van der Waals surface area contributed by atoms with Crippen LogP contribution in [0.5, 0.6) is 0 Å². The van der Waals surface area contributed by atoms with Gasteiger partial charge in [0.05, 0.1) is 4.90 Å². The molecule has 0 saturated carbocycles. The predicted octanol–water partition coefficient (Wildman–Crippen LogP) is 0.888. The molecule has 0 aromatic heterocycles. The number of sulfonamides is 1. The molecule has 1 aliphatic heterocycles. The summed E-state index contributed by atoms with van der Waals surface area (Å²) in [5, 5.41) is 8.36. The molecule has 0 bridgehead atoms. The van der Waals surface area contributed by atoms with Gasteiger partial charge in [0.2, 0.25) is 10.0 Å². The van der Waals surface area contributed by atoms with E-state index in [2.05, 4.69) is 5.32 Å². The Bertz CT molecular complexity index is 649. The molecule has 1 atom stereocenters. The number of hydrogen-bond donors (Lipinski definition) is 2. The zero-order valence-electron chi connectivity index (χ0n) is 12.7. The second-order valence-electron chi connectivity index (χ2n) is 5.40. The summed E-state index contributed by atoms with van der Waals surface area (Å²) in [4.78, 5) is 14.3. The minimum atomic E-state index is -3.82. The number of likely N-dealkylation sites (tertiary alicyclic amines) is 1. The molecule has 1 aromatic rings. The number of nitrogens with one attached hydrogen (secondary N) is 1. The van der Waals surface area contributed by atoms with E-state index >= 15 is 0 Å². The highest BCUT2D eigenvalue weighted by Gasteiger charge is 2.24. The van der Waals surface area contributed by atoms with Gasteiger partial charge >= 0.3 is 0 Å². The SMILES string of the molecule is CNC1CCCN(C(=O)c2ccc(C)c(S(N)(=O)=O)c2)C1.Cl. The molecule has 124 valence electrons. The first kappa shape index (κ1) is 18.9. The minimum Gasteiger partial charge on any atom is -0.337 e. The van der Waals surface area contributed by atoms with Crippen molar-refractivity contribution in [2.75, 3.05) is 20.1 Å². The number of piperidine rings is 1. The molecule has 1 aromatic carbocycles. The van der Waals surface area contributed by atoms with Crippen molar-refractivity contribution in [3.05, 3.63) is 29.3 Å². The van der Waals surface area contributed by atoms with E-state index in [0.29, 0.717) is 24.2 Å². The van der Waals surface area contributed by atoms with Crippen molar-refractivity contribution in [1.29, 1.82) is 0 Å². The maximum Gasteiger partial charge on any atom is 0.253 e. The quantitative estimate of drug-likeness (QED) is 0.849. The summed E-state index contributed by atoms with van der Waals surface area (Å²) < 4.78 is 23.1. The molecule has 0 spiro atoms. The fourth-order valence-electron chi connectivity index (χ4n) is 2.62. The Morgan fingerprint density at radius 3 is 2.68 bits per heavy atom. The van der Waals surface area contributed by atoms with E-state index in [1.165, 1.54) is 6.07 Å². The molecule has 1 heterocycles. The lowest BCUT2D eigenvalue weighted by atomic mass is 10.0. The molecule has 0 radical (unpaired) electrons. The van der Waals surface area contributed by atoms with Crippen LogP contribution in [-0.2, 0) is 10.0 Å². The van der Waals surface area contributed by atoms with Crippen LogP contribution in [0, 0.1) is 6.92 Å². The number of nitrogens with two attached hydrogens (primary N) is 1. The summed E-state index contributed by atoms with van der Waals surface area (Å²) in [6.45, 7) is 2.98. The Morgan fingerprint density at radius 1 is 1.41 bits per heavy atom. The van der Waals surface area contributed by atoms with Crippen LogP contribution >= 0.6 is 12.4 Å². The van der Waals surface area contributed by atoms with Gasteiger partial charge in [-0.2, -0.15) is 0 Å². The average molecular weight is 348 g/mol. The molecule has 0 aliphatic carbocycles. The second kappa shape index (κ2) is 7.41. The Labute approximate surface area is 137 Å². The molecule has 1 amide bonds. The van der Waals surface area contributed by atoms with Crippen molar-refractivity contribution in [3.8, 4) is 0 Å². The van der Waals surface area contributed by atoms with E-state index in [0.717, 1.165) is 12.8 Å².